The van der Waals surface area contributed by atoms with E-state index in [0.29, 0.717) is 132 Å². The van der Waals surface area contributed by atoms with Gasteiger partial charge in [0.1, 0.15) is 23.4 Å². The van der Waals surface area contributed by atoms with Gasteiger partial charge in [-0.2, -0.15) is 10.1 Å². The zero-order chi connectivity index (χ0) is 35.4. The SMILES string of the molecule is NCCOCCOCCOCCOCCOCCNC(=O)CCC(=O)NCCCCn1nc(-c2ccc3oc(N)nc3c2)c2c(N)ncnc21. The third-order valence-electron chi connectivity index (χ3n) is 7.25. The molecule has 3 heterocycles. The van der Waals surface area contributed by atoms with Crippen molar-refractivity contribution in [1.29, 1.82) is 0 Å². The largest absolute Gasteiger partial charge is 0.424 e. The first-order valence-corrected chi connectivity index (χ1v) is 16.7. The number of nitrogen functional groups attached to an aromatic ring is 2. The van der Waals surface area contributed by atoms with E-state index in [9.17, 15) is 9.59 Å². The first-order chi connectivity index (χ1) is 24.5. The second-order valence-corrected chi connectivity index (χ2v) is 11.0. The zero-order valence-electron chi connectivity index (χ0n) is 28.3. The Labute approximate surface area is 289 Å². The van der Waals surface area contributed by atoms with Crippen LogP contribution in [0.5, 0.6) is 0 Å². The molecule has 4 aromatic rings. The Bertz CT molecular complexity index is 1610. The number of ether oxygens (including phenoxy) is 5. The highest BCUT2D eigenvalue weighted by molar-refractivity contribution is 5.99. The number of nitrogens with zero attached hydrogens (tertiary/aromatic N) is 5. The highest BCUT2D eigenvalue weighted by Crippen LogP contribution is 2.32. The van der Waals surface area contributed by atoms with E-state index in [0.717, 1.165) is 12.0 Å². The van der Waals surface area contributed by atoms with Crippen LogP contribution >= 0.6 is 0 Å². The minimum Gasteiger partial charge on any atom is -0.424 e. The van der Waals surface area contributed by atoms with Crippen LogP contribution < -0.4 is 27.8 Å². The molecule has 3 aromatic heterocycles. The number of fused-ring (bicyclic) bond motifs is 2. The van der Waals surface area contributed by atoms with Gasteiger partial charge in [-0.3, -0.25) is 9.59 Å². The second kappa shape index (κ2) is 21.6. The van der Waals surface area contributed by atoms with Gasteiger partial charge in [0.15, 0.2) is 11.2 Å². The van der Waals surface area contributed by atoms with Gasteiger partial charge in [-0.1, -0.05) is 0 Å². The molecule has 18 nitrogen and oxygen atoms in total. The summed E-state index contributed by atoms with van der Waals surface area (Å²) in [5.41, 5.74) is 20.4. The molecule has 0 bridgehead atoms. The number of aryl methyl sites for hydroxylation is 1. The predicted octanol–water partition coefficient (Wildman–Crippen LogP) is 0.633. The summed E-state index contributed by atoms with van der Waals surface area (Å²) in [6.45, 7) is 6.52. The van der Waals surface area contributed by atoms with Crippen molar-refractivity contribution in [3.05, 3.63) is 24.5 Å². The summed E-state index contributed by atoms with van der Waals surface area (Å²) in [7, 11) is 0. The lowest BCUT2D eigenvalue weighted by Crippen LogP contribution is -2.30. The molecule has 8 N–H and O–H groups in total. The van der Waals surface area contributed by atoms with E-state index in [4.69, 9.17) is 50.4 Å². The molecule has 4 rings (SSSR count). The molecule has 0 unspecified atom stereocenters. The maximum absolute atomic E-state index is 12.3. The summed E-state index contributed by atoms with van der Waals surface area (Å²) in [4.78, 5) is 37.1. The van der Waals surface area contributed by atoms with Gasteiger partial charge in [0.2, 0.25) is 11.8 Å². The van der Waals surface area contributed by atoms with Crippen LogP contribution in [0.15, 0.2) is 28.9 Å². The predicted molar refractivity (Wildman–Crippen MR) is 185 cm³/mol. The molecule has 0 radical (unpaired) electrons. The number of unbranched alkanes of at least 4 members (excludes halogenated alkanes) is 1. The van der Waals surface area contributed by atoms with Crippen LogP contribution in [0, 0.1) is 0 Å². The van der Waals surface area contributed by atoms with Gasteiger partial charge in [0.05, 0.1) is 71.5 Å². The molecule has 50 heavy (non-hydrogen) atoms. The van der Waals surface area contributed by atoms with E-state index in [1.54, 1.807) is 10.7 Å². The Hall–Kier alpha value is -4.46. The lowest BCUT2D eigenvalue weighted by Gasteiger charge is -2.09. The number of nitrogens with two attached hydrogens (primary N) is 3. The fourth-order valence-corrected chi connectivity index (χ4v) is 4.83. The van der Waals surface area contributed by atoms with E-state index in [1.807, 2.05) is 12.1 Å². The summed E-state index contributed by atoms with van der Waals surface area (Å²) in [6.07, 6.45) is 3.03. The van der Waals surface area contributed by atoms with Crippen molar-refractivity contribution in [3.8, 4) is 11.3 Å². The lowest BCUT2D eigenvalue weighted by atomic mass is 10.1. The van der Waals surface area contributed by atoms with Crippen LogP contribution in [-0.2, 0) is 39.8 Å². The number of hydrogen-bond acceptors (Lipinski definition) is 15. The van der Waals surface area contributed by atoms with Crippen molar-refractivity contribution >= 4 is 45.8 Å². The van der Waals surface area contributed by atoms with Crippen molar-refractivity contribution in [2.45, 2.75) is 32.2 Å². The third-order valence-corrected chi connectivity index (χ3v) is 7.25. The van der Waals surface area contributed by atoms with Crippen LogP contribution in [0.1, 0.15) is 25.7 Å². The third kappa shape index (κ3) is 12.8. The number of oxazole rings is 1. The summed E-state index contributed by atoms with van der Waals surface area (Å²) in [5.74, 6) is -0.0743. The number of amides is 2. The molecule has 1 aromatic carbocycles. The van der Waals surface area contributed by atoms with Gasteiger partial charge in [0.25, 0.3) is 6.01 Å². The Morgan fingerprint density at radius 3 is 2.06 bits per heavy atom. The molecule has 274 valence electrons. The number of benzene rings is 1. The van der Waals surface area contributed by atoms with Gasteiger partial charge in [0, 0.05) is 44.6 Å². The molecular weight excluding hydrogens is 652 g/mol. The van der Waals surface area contributed by atoms with Crippen molar-refractivity contribution in [3.63, 3.8) is 0 Å². The van der Waals surface area contributed by atoms with Crippen LogP contribution in [0.4, 0.5) is 11.8 Å². The molecular formula is C32H48N10O8. The van der Waals surface area contributed by atoms with Gasteiger partial charge >= 0.3 is 0 Å². The number of anilines is 2. The molecule has 0 aliphatic rings. The number of nitrogens with one attached hydrogen (secondary N) is 2. The zero-order valence-corrected chi connectivity index (χ0v) is 28.3. The average Bonchev–Trinajstić information content (AvgIpc) is 3.68. The molecule has 0 spiro atoms. The van der Waals surface area contributed by atoms with Gasteiger partial charge in [-0.15, -0.1) is 0 Å². The Morgan fingerprint density at radius 2 is 1.40 bits per heavy atom. The number of carbonyl (C=O) groups is 2. The van der Waals surface area contributed by atoms with E-state index in [1.165, 1.54) is 6.33 Å². The Morgan fingerprint density at radius 1 is 0.780 bits per heavy atom. The minimum atomic E-state index is -0.210. The highest BCUT2D eigenvalue weighted by Gasteiger charge is 2.18. The fraction of sp³-hybridized carbons (Fsp3) is 0.562. The molecule has 0 aliphatic heterocycles. The number of hydrogen-bond donors (Lipinski definition) is 5. The first-order valence-electron chi connectivity index (χ1n) is 16.7. The number of rotatable bonds is 26. The van der Waals surface area contributed by atoms with Crippen molar-refractivity contribution in [1.82, 2.24) is 35.4 Å². The van der Waals surface area contributed by atoms with Gasteiger partial charge in [-0.25, -0.2) is 14.6 Å². The smallest absolute Gasteiger partial charge is 0.292 e. The molecule has 0 atom stereocenters. The van der Waals surface area contributed by atoms with Crippen LogP contribution in [0.3, 0.4) is 0 Å². The Kier molecular flexibility index (Phi) is 16.6. The van der Waals surface area contributed by atoms with Gasteiger partial charge in [-0.05, 0) is 31.0 Å². The molecule has 0 saturated heterocycles. The van der Waals surface area contributed by atoms with Crippen LogP contribution in [0.2, 0.25) is 0 Å². The highest BCUT2D eigenvalue weighted by atomic mass is 16.6. The number of aromatic nitrogens is 5. The topological polar surface area (TPSA) is 252 Å². The van der Waals surface area contributed by atoms with Crippen molar-refractivity contribution < 1.29 is 37.7 Å². The molecule has 18 heteroatoms. The maximum atomic E-state index is 12.3. The summed E-state index contributed by atoms with van der Waals surface area (Å²) < 4.78 is 34.0. The van der Waals surface area contributed by atoms with Crippen LogP contribution in [0.25, 0.3) is 33.4 Å². The molecule has 2 amide bonds. The standard InChI is InChI=1S/C32H48N10O8/c33-7-11-45-13-15-47-17-19-49-20-18-48-16-14-46-12-9-37-27(44)6-5-26(43)36-8-1-2-10-42-31-28(30(34)38-22-39-31)29(41-42)23-3-4-25-24(21-23)40-32(35)50-25/h3-4,21-22H,1-2,5-20,33H2,(H2,35,40)(H,36,43)(H,37,44)(H2,34,38,39). The Balaban J connectivity index is 1.01. The summed E-state index contributed by atoms with van der Waals surface area (Å²) in [5, 5.41) is 11.0. The summed E-state index contributed by atoms with van der Waals surface area (Å²) in [6, 6.07) is 5.55. The van der Waals surface area contributed by atoms with Gasteiger partial charge < -0.3 is 55.9 Å². The number of carbonyl (C=O) groups excluding carboxylic acids is 2. The maximum Gasteiger partial charge on any atom is 0.292 e. The van der Waals surface area contributed by atoms with E-state index >= 15 is 0 Å². The van der Waals surface area contributed by atoms with E-state index in [-0.39, 0.29) is 30.7 Å². The minimum absolute atomic E-state index is 0.0869. The molecule has 0 saturated carbocycles. The molecule has 0 fully saturated rings. The van der Waals surface area contributed by atoms with E-state index < -0.39 is 0 Å². The van der Waals surface area contributed by atoms with Crippen molar-refractivity contribution in [2.75, 3.05) is 97.2 Å². The molecule has 0 aliphatic carbocycles. The second-order valence-electron chi connectivity index (χ2n) is 11.0. The van der Waals surface area contributed by atoms with E-state index in [2.05, 4.69) is 25.6 Å². The fourth-order valence-electron chi connectivity index (χ4n) is 4.83. The monoisotopic (exact) mass is 700 g/mol. The quantitative estimate of drug-likeness (QED) is 0.0564. The van der Waals surface area contributed by atoms with Crippen molar-refractivity contribution in [2.24, 2.45) is 5.73 Å². The van der Waals surface area contributed by atoms with Crippen LogP contribution in [-0.4, -0.2) is 122 Å². The normalized spacial score (nSPS) is 11.5. The lowest BCUT2D eigenvalue weighted by molar-refractivity contribution is -0.126. The average molecular weight is 701 g/mol. The summed E-state index contributed by atoms with van der Waals surface area (Å²) >= 11 is 0. The first kappa shape index (κ1) is 38.3.